The highest BCUT2D eigenvalue weighted by molar-refractivity contribution is 14.1. The molecule has 158 valence electrons. The first-order valence-electron chi connectivity index (χ1n) is 8.80. The molecule has 1 aliphatic heterocycles. The molecule has 1 fully saturated rings. The first-order valence-corrected chi connectivity index (χ1v) is 9.88. The summed E-state index contributed by atoms with van der Waals surface area (Å²) in [6.07, 6.45) is 1.72. The maximum absolute atomic E-state index is 12.2. The lowest BCUT2D eigenvalue weighted by molar-refractivity contribution is -0.0302. The van der Waals surface area contributed by atoms with E-state index in [1.807, 2.05) is 0 Å². The smallest absolute Gasteiger partial charge is 0.334 e. The number of halogens is 1. The minimum atomic E-state index is -0.932. The third-order valence-corrected chi connectivity index (χ3v) is 5.52. The van der Waals surface area contributed by atoms with Gasteiger partial charge in [0, 0.05) is 24.4 Å². The van der Waals surface area contributed by atoms with Gasteiger partial charge in [-0.05, 0) is 29.5 Å². The molecule has 3 atom stereocenters. The third kappa shape index (κ3) is 3.68. The van der Waals surface area contributed by atoms with Crippen molar-refractivity contribution in [3.05, 3.63) is 69.4 Å². The standard InChI is InChI=1S/C16H16IN7O6/c1-7-4-23(16(29)19-13(7)26)12-2-9(25)10(30-12)6-24-11(3-18-21-24)22-5-8(17)14(27)20-15(22)28/h3-5,9-10,12,25H,2,6H2,1H3,(H,19,26,29)(H,20,27,28)/t9-,10+,12+/m0/s1. The van der Waals surface area contributed by atoms with Crippen LogP contribution in [0.1, 0.15) is 18.2 Å². The van der Waals surface area contributed by atoms with E-state index in [0.29, 0.717) is 9.13 Å². The lowest BCUT2D eigenvalue weighted by Gasteiger charge is -2.17. The molecule has 0 bridgehead atoms. The second-order valence-electron chi connectivity index (χ2n) is 6.79. The number of aryl methyl sites for hydroxylation is 1. The van der Waals surface area contributed by atoms with Crippen LogP contribution in [0.25, 0.3) is 5.82 Å². The van der Waals surface area contributed by atoms with Crippen LogP contribution in [0.3, 0.4) is 0 Å². The fraction of sp³-hybridized carbons (Fsp3) is 0.375. The number of hydrogen-bond acceptors (Lipinski definition) is 8. The second kappa shape index (κ2) is 7.77. The summed E-state index contributed by atoms with van der Waals surface area (Å²) in [5.41, 5.74) is -1.96. The largest absolute Gasteiger partial charge is 0.390 e. The van der Waals surface area contributed by atoms with Crippen molar-refractivity contribution in [2.45, 2.75) is 38.3 Å². The van der Waals surface area contributed by atoms with E-state index >= 15 is 0 Å². The van der Waals surface area contributed by atoms with Crippen LogP contribution in [0.4, 0.5) is 0 Å². The van der Waals surface area contributed by atoms with Gasteiger partial charge in [0.15, 0.2) is 5.82 Å². The van der Waals surface area contributed by atoms with Gasteiger partial charge in [-0.15, -0.1) is 5.10 Å². The molecule has 0 unspecified atom stereocenters. The van der Waals surface area contributed by atoms with Crippen LogP contribution < -0.4 is 22.5 Å². The fourth-order valence-corrected chi connectivity index (χ4v) is 3.62. The molecule has 14 heteroatoms. The first-order chi connectivity index (χ1) is 14.2. The van der Waals surface area contributed by atoms with Crippen LogP contribution in [0.15, 0.2) is 37.8 Å². The number of H-pyrrole nitrogens is 2. The van der Waals surface area contributed by atoms with Gasteiger partial charge in [0.05, 0.1) is 22.4 Å². The molecule has 0 saturated carbocycles. The molecule has 30 heavy (non-hydrogen) atoms. The number of rotatable bonds is 4. The van der Waals surface area contributed by atoms with Crippen molar-refractivity contribution >= 4 is 22.6 Å². The predicted octanol–water partition coefficient (Wildman–Crippen LogP) is -1.77. The maximum Gasteiger partial charge on any atom is 0.334 e. The Morgan fingerprint density at radius 3 is 2.70 bits per heavy atom. The first kappa shape index (κ1) is 20.4. The van der Waals surface area contributed by atoms with Crippen LogP contribution >= 0.6 is 22.6 Å². The molecule has 0 spiro atoms. The fourth-order valence-electron chi connectivity index (χ4n) is 3.21. The summed E-state index contributed by atoms with van der Waals surface area (Å²) < 4.78 is 9.88. The Hall–Kier alpha value is -2.85. The normalized spacial score (nSPS) is 21.2. The molecule has 0 aliphatic carbocycles. The molecule has 3 aromatic heterocycles. The molecule has 4 heterocycles. The molecule has 0 amide bonds. The summed E-state index contributed by atoms with van der Waals surface area (Å²) in [4.78, 5) is 51.8. The van der Waals surface area contributed by atoms with Gasteiger partial charge >= 0.3 is 11.4 Å². The summed E-state index contributed by atoms with van der Waals surface area (Å²) in [6.45, 7) is 1.59. The number of aromatic amines is 2. The van der Waals surface area contributed by atoms with Crippen LogP contribution in [-0.2, 0) is 11.3 Å². The predicted molar refractivity (Wildman–Crippen MR) is 110 cm³/mol. The molecule has 3 aromatic rings. The van der Waals surface area contributed by atoms with Gasteiger partial charge in [0.1, 0.15) is 12.3 Å². The Labute approximate surface area is 180 Å². The van der Waals surface area contributed by atoms with E-state index in [9.17, 15) is 24.3 Å². The number of aliphatic hydroxyl groups is 1. The number of hydrogen-bond donors (Lipinski definition) is 3. The van der Waals surface area contributed by atoms with E-state index in [-0.39, 0.29) is 18.8 Å². The topological polar surface area (TPSA) is 170 Å². The van der Waals surface area contributed by atoms with Crippen molar-refractivity contribution in [1.82, 2.24) is 34.1 Å². The van der Waals surface area contributed by atoms with Crippen LogP contribution in [0, 0.1) is 10.5 Å². The zero-order valence-corrected chi connectivity index (χ0v) is 17.6. The molecule has 0 radical (unpaired) electrons. The SMILES string of the molecule is Cc1cn([C@H]2C[C@H](O)[C@@H](Cn3nncc3-n3cc(I)c(=O)[nH]c3=O)O2)c(=O)[nH]c1=O. The summed E-state index contributed by atoms with van der Waals surface area (Å²) in [6, 6.07) is 0. The molecule has 1 aliphatic rings. The zero-order valence-electron chi connectivity index (χ0n) is 15.5. The molecule has 3 N–H and O–H groups in total. The van der Waals surface area contributed by atoms with Gasteiger partial charge < -0.3 is 9.84 Å². The highest BCUT2D eigenvalue weighted by Crippen LogP contribution is 2.28. The summed E-state index contributed by atoms with van der Waals surface area (Å²) in [5, 5.41) is 18.2. The number of nitrogens with one attached hydrogen (secondary N) is 2. The van der Waals surface area contributed by atoms with Crippen molar-refractivity contribution < 1.29 is 9.84 Å². The molecule has 0 aromatic carbocycles. The molecular weight excluding hydrogens is 513 g/mol. The van der Waals surface area contributed by atoms with E-state index in [0.717, 1.165) is 0 Å². The van der Waals surface area contributed by atoms with Crippen molar-refractivity contribution in [2.24, 2.45) is 0 Å². The minimum Gasteiger partial charge on any atom is -0.390 e. The Bertz CT molecular complexity index is 1340. The number of ether oxygens (including phenoxy) is 1. The van der Waals surface area contributed by atoms with Crippen molar-refractivity contribution in [3.8, 4) is 5.82 Å². The molecule has 13 nitrogen and oxygen atoms in total. The quantitative estimate of drug-likeness (QED) is 0.334. The number of nitrogens with zero attached hydrogens (tertiary/aromatic N) is 5. The third-order valence-electron chi connectivity index (χ3n) is 4.76. The van der Waals surface area contributed by atoms with Crippen LogP contribution in [0.5, 0.6) is 0 Å². The van der Waals surface area contributed by atoms with Gasteiger partial charge in [-0.25, -0.2) is 14.3 Å². The Kier molecular flexibility index (Phi) is 5.29. The van der Waals surface area contributed by atoms with Crippen molar-refractivity contribution in [2.75, 3.05) is 0 Å². The average molecular weight is 529 g/mol. The van der Waals surface area contributed by atoms with Crippen molar-refractivity contribution in [1.29, 1.82) is 0 Å². The van der Waals surface area contributed by atoms with E-state index in [4.69, 9.17) is 4.74 Å². The highest BCUT2D eigenvalue weighted by atomic mass is 127. The van der Waals surface area contributed by atoms with Crippen LogP contribution in [-0.4, -0.2) is 51.4 Å². The Balaban J connectivity index is 1.61. The zero-order chi connectivity index (χ0) is 21.6. The Morgan fingerprint density at radius 1 is 1.20 bits per heavy atom. The number of aromatic nitrogens is 7. The average Bonchev–Trinajstić information content (AvgIpc) is 3.28. The van der Waals surface area contributed by atoms with Gasteiger partial charge in [0.2, 0.25) is 0 Å². The summed E-state index contributed by atoms with van der Waals surface area (Å²) >= 11 is 1.80. The lowest BCUT2D eigenvalue weighted by Crippen LogP contribution is -2.34. The summed E-state index contributed by atoms with van der Waals surface area (Å²) in [7, 11) is 0. The van der Waals surface area contributed by atoms with Gasteiger partial charge in [0.25, 0.3) is 11.1 Å². The van der Waals surface area contributed by atoms with Crippen molar-refractivity contribution in [3.63, 3.8) is 0 Å². The van der Waals surface area contributed by atoms with E-state index < -0.39 is 40.9 Å². The lowest BCUT2D eigenvalue weighted by atomic mass is 10.2. The van der Waals surface area contributed by atoms with E-state index in [1.165, 1.54) is 32.4 Å². The monoisotopic (exact) mass is 529 g/mol. The number of aliphatic hydroxyl groups excluding tert-OH is 1. The van der Waals surface area contributed by atoms with Gasteiger partial charge in [-0.2, -0.15) is 0 Å². The van der Waals surface area contributed by atoms with E-state index in [1.54, 1.807) is 29.5 Å². The molecule has 1 saturated heterocycles. The maximum atomic E-state index is 12.2. The second-order valence-corrected chi connectivity index (χ2v) is 7.95. The van der Waals surface area contributed by atoms with Gasteiger partial charge in [-0.3, -0.25) is 28.7 Å². The minimum absolute atomic E-state index is 0.0340. The van der Waals surface area contributed by atoms with Gasteiger partial charge in [-0.1, -0.05) is 5.21 Å². The molecule has 4 rings (SSSR count). The van der Waals surface area contributed by atoms with E-state index in [2.05, 4.69) is 20.3 Å². The van der Waals surface area contributed by atoms with Crippen LogP contribution in [0.2, 0.25) is 0 Å². The summed E-state index contributed by atoms with van der Waals surface area (Å²) in [5.74, 6) is 0.269. The highest BCUT2D eigenvalue weighted by Gasteiger charge is 2.36. The Morgan fingerprint density at radius 2 is 1.93 bits per heavy atom. The molecular formula is C16H16IN7O6.